The molecule has 3 rings (SSSR count). The molecule has 0 bridgehead atoms. The summed E-state index contributed by atoms with van der Waals surface area (Å²) in [6.07, 6.45) is 4.19. The zero-order valence-corrected chi connectivity index (χ0v) is 14.5. The molecule has 0 radical (unpaired) electrons. The van der Waals surface area contributed by atoms with Gasteiger partial charge in [0.1, 0.15) is 0 Å². The minimum absolute atomic E-state index is 0.00446. The molecule has 0 spiro atoms. The molecule has 2 heterocycles. The molecule has 0 unspecified atom stereocenters. The number of nitrogens with one attached hydrogen (secondary N) is 1. The normalized spacial score (nSPS) is 30.2. The average Bonchev–Trinajstić information content (AvgIpc) is 3.10. The van der Waals surface area contributed by atoms with Crippen LogP contribution in [0.1, 0.15) is 32.1 Å². The second kappa shape index (κ2) is 6.87. The molecule has 136 valence electrons. The number of carboxylic acids is 1. The molecule has 8 nitrogen and oxygen atoms in total. The van der Waals surface area contributed by atoms with Crippen LogP contribution in [-0.2, 0) is 14.6 Å². The van der Waals surface area contributed by atoms with Gasteiger partial charge in [-0.3, -0.25) is 9.69 Å². The van der Waals surface area contributed by atoms with Gasteiger partial charge in [-0.1, -0.05) is 12.8 Å². The Morgan fingerprint density at radius 1 is 1.08 bits per heavy atom. The summed E-state index contributed by atoms with van der Waals surface area (Å²) in [7, 11) is -3.20. The Balaban J connectivity index is 1.69. The first kappa shape index (κ1) is 17.5. The van der Waals surface area contributed by atoms with Crippen molar-refractivity contribution in [3.63, 3.8) is 0 Å². The fourth-order valence-corrected chi connectivity index (χ4v) is 6.13. The molecular formula is C15H25N3O5S. The Hall–Kier alpha value is -1.35. The number of carboxylic acid groups (broad SMARTS) is 1. The molecule has 2 saturated heterocycles. The Morgan fingerprint density at radius 3 is 2.42 bits per heavy atom. The van der Waals surface area contributed by atoms with Crippen LogP contribution in [0.3, 0.4) is 0 Å². The van der Waals surface area contributed by atoms with Crippen molar-refractivity contribution in [2.75, 3.05) is 31.1 Å². The fraction of sp³-hybridized carbons (Fsp3) is 0.867. The monoisotopic (exact) mass is 359 g/mol. The zero-order chi connectivity index (χ0) is 17.3. The van der Waals surface area contributed by atoms with Gasteiger partial charge in [0, 0.05) is 31.7 Å². The van der Waals surface area contributed by atoms with E-state index in [1.165, 1.54) is 0 Å². The maximum Gasteiger partial charge on any atom is 0.317 e. The predicted octanol–water partition coefficient (Wildman–Crippen LogP) is -0.103. The number of amides is 2. The number of nitrogens with zero attached hydrogens (tertiary/aromatic N) is 2. The van der Waals surface area contributed by atoms with Crippen LogP contribution in [0.25, 0.3) is 0 Å². The van der Waals surface area contributed by atoms with Crippen LogP contribution in [0.2, 0.25) is 0 Å². The molecule has 0 aromatic heterocycles. The van der Waals surface area contributed by atoms with E-state index in [0.29, 0.717) is 19.6 Å². The maximum absolute atomic E-state index is 12.6. The van der Waals surface area contributed by atoms with E-state index in [4.69, 9.17) is 5.11 Å². The van der Waals surface area contributed by atoms with Gasteiger partial charge in [-0.2, -0.15) is 0 Å². The topological polar surface area (TPSA) is 107 Å². The summed E-state index contributed by atoms with van der Waals surface area (Å²) in [5.41, 5.74) is 0. The zero-order valence-electron chi connectivity index (χ0n) is 13.7. The predicted molar refractivity (Wildman–Crippen MR) is 87.5 cm³/mol. The molecule has 2 atom stereocenters. The van der Waals surface area contributed by atoms with Gasteiger partial charge in [-0.05, 0) is 12.8 Å². The van der Waals surface area contributed by atoms with Gasteiger partial charge in [0.05, 0.1) is 24.0 Å². The largest absolute Gasteiger partial charge is 0.481 e. The minimum atomic E-state index is -3.20. The fourth-order valence-electron chi connectivity index (χ4n) is 4.12. The Labute approximate surface area is 142 Å². The van der Waals surface area contributed by atoms with Gasteiger partial charge < -0.3 is 15.3 Å². The Bertz CT molecular complexity index is 602. The number of piperazine rings is 1. The van der Waals surface area contributed by atoms with Crippen LogP contribution < -0.4 is 5.32 Å². The van der Waals surface area contributed by atoms with Crippen molar-refractivity contribution in [2.45, 2.75) is 50.2 Å². The lowest BCUT2D eigenvalue weighted by molar-refractivity contribution is -0.137. The highest BCUT2D eigenvalue weighted by atomic mass is 32.2. The standard InChI is InChI=1S/C15H25N3O5S/c19-14(20)5-6-17-7-8-18(13-10-24(22,23)9-12(13)17)15(21)16-11-3-1-2-4-11/h11-13H,1-10H2,(H,16,21)(H,19,20)/t12-,13+/m1/s1. The average molecular weight is 359 g/mol. The number of fused-ring (bicyclic) bond motifs is 1. The van der Waals surface area contributed by atoms with Gasteiger partial charge in [-0.25, -0.2) is 13.2 Å². The Morgan fingerprint density at radius 2 is 1.75 bits per heavy atom. The van der Waals surface area contributed by atoms with Gasteiger partial charge in [-0.15, -0.1) is 0 Å². The van der Waals surface area contributed by atoms with Gasteiger partial charge in [0.25, 0.3) is 0 Å². The summed E-state index contributed by atoms with van der Waals surface area (Å²) in [5, 5.41) is 11.9. The van der Waals surface area contributed by atoms with Crippen molar-refractivity contribution < 1.29 is 23.1 Å². The van der Waals surface area contributed by atoms with Crippen molar-refractivity contribution in [2.24, 2.45) is 0 Å². The van der Waals surface area contributed by atoms with Crippen LogP contribution >= 0.6 is 0 Å². The van der Waals surface area contributed by atoms with Crippen LogP contribution in [0.15, 0.2) is 0 Å². The highest BCUT2D eigenvalue weighted by Crippen LogP contribution is 2.27. The summed E-state index contributed by atoms with van der Waals surface area (Å²) >= 11 is 0. The van der Waals surface area contributed by atoms with Crippen LogP contribution in [0.5, 0.6) is 0 Å². The lowest BCUT2D eigenvalue weighted by Gasteiger charge is -2.44. The molecule has 2 amide bonds. The molecule has 1 saturated carbocycles. The molecule has 3 fully saturated rings. The number of sulfone groups is 1. The molecule has 1 aliphatic carbocycles. The molecule has 24 heavy (non-hydrogen) atoms. The summed E-state index contributed by atoms with van der Waals surface area (Å²) in [4.78, 5) is 27.0. The SMILES string of the molecule is O=C(O)CCN1CCN(C(=O)NC2CCCC2)[C@H]2CS(=O)(=O)C[C@H]21. The summed E-state index contributed by atoms with van der Waals surface area (Å²) in [6, 6.07) is -0.651. The van der Waals surface area contributed by atoms with Gasteiger partial charge in [0.15, 0.2) is 9.84 Å². The molecule has 2 aliphatic heterocycles. The minimum Gasteiger partial charge on any atom is -0.481 e. The number of aliphatic carboxylic acids is 1. The second-order valence-electron chi connectivity index (χ2n) is 7.02. The van der Waals surface area contributed by atoms with Gasteiger partial charge >= 0.3 is 12.0 Å². The number of carbonyl (C=O) groups excluding carboxylic acids is 1. The van der Waals surface area contributed by atoms with Crippen molar-refractivity contribution in [3.8, 4) is 0 Å². The first-order chi connectivity index (χ1) is 11.4. The van der Waals surface area contributed by atoms with E-state index >= 15 is 0 Å². The quantitative estimate of drug-likeness (QED) is 0.726. The van der Waals surface area contributed by atoms with Crippen molar-refractivity contribution in [1.82, 2.24) is 15.1 Å². The lowest BCUT2D eigenvalue weighted by atomic mass is 10.0. The number of urea groups is 1. The highest BCUT2D eigenvalue weighted by Gasteiger charge is 2.48. The third-order valence-corrected chi connectivity index (χ3v) is 7.05. The molecule has 9 heteroatoms. The first-order valence-electron chi connectivity index (χ1n) is 8.59. The van der Waals surface area contributed by atoms with Crippen LogP contribution in [-0.4, -0.2) is 84.6 Å². The van der Waals surface area contributed by atoms with Crippen molar-refractivity contribution in [1.29, 1.82) is 0 Å². The van der Waals surface area contributed by atoms with E-state index in [1.807, 2.05) is 4.90 Å². The smallest absolute Gasteiger partial charge is 0.317 e. The summed E-state index contributed by atoms with van der Waals surface area (Å²) < 4.78 is 24.2. The van der Waals surface area contributed by atoms with E-state index in [1.54, 1.807) is 4.90 Å². The molecule has 0 aromatic rings. The second-order valence-corrected chi connectivity index (χ2v) is 9.17. The van der Waals surface area contributed by atoms with Crippen molar-refractivity contribution >= 4 is 21.8 Å². The third-order valence-electron chi connectivity index (χ3n) is 5.35. The molecule has 0 aromatic carbocycles. The molecule has 3 aliphatic rings. The first-order valence-corrected chi connectivity index (χ1v) is 10.4. The number of carbonyl (C=O) groups is 2. The van der Waals surface area contributed by atoms with E-state index in [2.05, 4.69) is 5.32 Å². The van der Waals surface area contributed by atoms with Gasteiger partial charge in [0.2, 0.25) is 0 Å². The van der Waals surface area contributed by atoms with E-state index < -0.39 is 15.8 Å². The molecule has 2 N–H and O–H groups in total. The number of hydrogen-bond donors (Lipinski definition) is 2. The molecular weight excluding hydrogens is 334 g/mol. The Kier molecular flexibility index (Phi) is 5.00. The number of hydrogen-bond acceptors (Lipinski definition) is 5. The van der Waals surface area contributed by atoms with E-state index in [9.17, 15) is 18.0 Å². The van der Waals surface area contributed by atoms with Crippen molar-refractivity contribution in [3.05, 3.63) is 0 Å². The van der Waals surface area contributed by atoms with E-state index in [0.717, 1.165) is 25.7 Å². The third kappa shape index (κ3) is 3.83. The summed E-state index contributed by atoms with van der Waals surface area (Å²) in [5.74, 6) is -0.919. The number of rotatable bonds is 4. The maximum atomic E-state index is 12.6. The lowest BCUT2D eigenvalue weighted by Crippen LogP contribution is -2.63. The van der Waals surface area contributed by atoms with E-state index in [-0.39, 0.29) is 42.1 Å². The van der Waals surface area contributed by atoms with Crippen LogP contribution in [0, 0.1) is 0 Å². The van der Waals surface area contributed by atoms with Crippen LogP contribution in [0.4, 0.5) is 4.79 Å². The summed E-state index contributed by atoms with van der Waals surface area (Å²) in [6.45, 7) is 1.28. The highest BCUT2D eigenvalue weighted by molar-refractivity contribution is 7.91.